The summed E-state index contributed by atoms with van der Waals surface area (Å²) in [6.45, 7) is -0.212. The molecule has 1 heterocycles. The van der Waals surface area contributed by atoms with E-state index in [2.05, 4.69) is 15.5 Å². The summed E-state index contributed by atoms with van der Waals surface area (Å²) < 4.78 is 41.0. The molecule has 0 aliphatic carbocycles. The number of halogens is 3. The first-order chi connectivity index (χ1) is 14.8. The fourth-order valence-electron chi connectivity index (χ4n) is 3.38. The number of para-hydroxylation sites is 2. The van der Waals surface area contributed by atoms with Crippen LogP contribution in [-0.4, -0.2) is 26.8 Å². The minimum absolute atomic E-state index is 0.00333. The van der Waals surface area contributed by atoms with E-state index in [0.717, 1.165) is 15.3 Å². The summed E-state index contributed by atoms with van der Waals surface area (Å²) in [4.78, 5) is 15.8. The van der Waals surface area contributed by atoms with Gasteiger partial charge in [-0.3, -0.25) is 4.79 Å². The van der Waals surface area contributed by atoms with Crippen LogP contribution in [-0.2, 0) is 17.5 Å². The molecule has 1 amide bonds. The number of hydrogen-bond donors (Lipinski definition) is 2. The molecule has 0 atom stereocenters. The molecule has 2 N–H and O–H groups in total. The van der Waals surface area contributed by atoms with Crippen LogP contribution in [0.15, 0.2) is 65.8 Å². The average Bonchev–Trinajstić information content (AvgIpc) is 3.13. The van der Waals surface area contributed by atoms with Crippen LogP contribution in [0.5, 0.6) is 5.75 Å². The van der Waals surface area contributed by atoms with Crippen molar-refractivity contribution in [2.45, 2.75) is 19.1 Å². The summed E-state index contributed by atoms with van der Waals surface area (Å²) in [5.74, 6) is -1.62. The van der Waals surface area contributed by atoms with E-state index in [1.807, 2.05) is 18.2 Å². The van der Waals surface area contributed by atoms with E-state index < -0.39 is 17.9 Å². The van der Waals surface area contributed by atoms with Gasteiger partial charge in [0.1, 0.15) is 5.75 Å². The van der Waals surface area contributed by atoms with Crippen molar-refractivity contribution in [1.82, 2.24) is 15.0 Å². The number of imidazole rings is 1. The highest BCUT2D eigenvalue weighted by atomic mass is 19.4. The van der Waals surface area contributed by atoms with Crippen molar-refractivity contribution >= 4 is 33.9 Å². The third-order valence-electron chi connectivity index (χ3n) is 4.80. The highest BCUT2D eigenvalue weighted by molar-refractivity contribution is 6.02. The zero-order valence-electron chi connectivity index (χ0n) is 16.1. The number of alkyl halides is 3. The molecule has 3 aromatic carbocycles. The highest BCUT2D eigenvalue weighted by Crippen LogP contribution is 2.31. The van der Waals surface area contributed by atoms with Crippen molar-refractivity contribution in [3.63, 3.8) is 0 Å². The lowest BCUT2D eigenvalue weighted by atomic mass is 10.0. The van der Waals surface area contributed by atoms with Crippen molar-refractivity contribution in [1.29, 1.82) is 0 Å². The third-order valence-corrected chi connectivity index (χ3v) is 4.80. The Morgan fingerprint density at radius 2 is 1.84 bits per heavy atom. The largest absolute Gasteiger partial charge is 0.507 e. The zero-order valence-corrected chi connectivity index (χ0v) is 16.1. The topological polar surface area (TPSA) is 79.5 Å². The van der Waals surface area contributed by atoms with E-state index in [4.69, 9.17) is 0 Å². The fourth-order valence-corrected chi connectivity index (χ4v) is 3.38. The van der Waals surface area contributed by atoms with E-state index >= 15 is 0 Å². The molecular formula is C22H17F3N4O2. The van der Waals surface area contributed by atoms with Crippen LogP contribution in [0.1, 0.15) is 17.8 Å². The lowest BCUT2D eigenvalue weighted by Gasteiger charge is -2.10. The first-order valence-electron chi connectivity index (χ1n) is 9.39. The second-order valence-electron chi connectivity index (χ2n) is 6.84. The highest BCUT2D eigenvalue weighted by Gasteiger charge is 2.37. The van der Waals surface area contributed by atoms with Gasteiger partial charge in [-0.1, -0.05) is 42.5 Å². The van der Waals surface area contributed by atoms with Gasteiger partial charge in [0.15, 0.2) is 0 Å². The number of benzene rings is 3. The van der Waals surface area contributed by atoms with Crippen molar-refractivity contribution in [2.75, 3.05) is 0 Å². The SMILES string of the molecule is O=C(CCn1c(C(F)(F)F)nc2ccccc21)NN=Cc1c(O)ccc2ccccc12. The van der Waals surface area contributed by atoms with Crippen LogP contribution in [0.25, 0.3) is 21.8 Å². The smallest absolute Gasteiger partial charge is 0.449 e. The van der Waals surface area contributed by atoms with Crippen LogP contribution >= 0.6 is 0 Å². The number of hydrazone groups is 1. The molecule has 1 aromatic heterocycles. The molecule has 4 rings (SSSR count). The number of carbonyl (C=O) groups is 1. The molecule has 0 bridgehead atoms. The van der Waals surface area contributed by atoms with E-state index in [-0.39, 0.29) is 24.2 Å². The number of rotatable bonds is 5. The molecule has 0 saturated heterocycles. The van der Waals surface area contributed by atoms with Gasteiger partial charge >= 0.3 is 6.18 Å². The zero-order chi connectivity index (χ0) is 22.0. The second-order valence-corrected chi connectivity index (χ2v) is 6.84. The normalized spacial score (nSPS) is 12.1. The van der Waals surface area contributed by atoms with Gasteiger partial charge in [-0.25, -0.2) is 10.4 Å². The number of nitrogens with one attached hydrogen (secondary N) is 1. The van der Waals surface area contributed by atoms with Gasteiger partial charge in [0.25, 0.3) is 0 Å². The van der Waals surface area contributed by atoms with Gasteiger partial charge in [0.2, 0.25) is 11.7 Å². The van der Waals surface area contributed by atoms with Crippen LogP contribution in [0.2, 0.25) is 0 Å². The molecule has 0 spiro atoms. The molecule has 0 saturated carbocycles. The van der Waals surface area contributed by atoms with Gasteiger partial charge in [0, 0.05) is 18.5 Å². The summed E-state index contributed by atoms with van der Waals surface area (Å²) in [6.07, 6.45) is -3.56. The van der Waals surface area contributed by atoms with Crippen molar-refractivity contribution < 1.29 is 23.1 Å². The number of hydrogen-bond acceptors (Lipinski definition) is 4. The average molecular weight is 426 g/mol. The molecule has 158 valence electrons. The third kappa shape index (κ3) is 4.20. The first-order valence-corrected chi connectivity index (χ1v) is 9.39. The van der Waals surface area contributed by atoms with E-state index in [1.54, 1.807) is 24.3 Å². The fraction of sp³-hybridized carbons (Fsp3) is 0.136. The van der Waals surface area contributed by atoms with Crippen LogP contribution in [0.4, 0.5) is 13.2 Å². The number of phenolic OH excluding ortho intramolecular Hbond substituents is 1. The van der Waals surface area contributed by atoms with Gasteiger partial charge in [0.05, 0.1) is 17.2 Å². The second kappa shape index (κ2) is 8.10. The number of phenols is 1. The Labute approximate surface area is 174 Å². The van der Waals surface area contributed by atoms with Crippen molar-refractivity contribution in [3.05, 3.63) is 72.1 Å². The van der Waals surface area contributed by atoms with Gasteiger partial charge in [-0.05, 0) is 29.0 Å². The molecule has 4 aromatic rings. The number of aryl methyl sites for hydroxylation is 1. The molecule has 6 nitrogen and oxygen atoms in total. The Hall–Kier alpha value is -3.88. The molecule has 0 aliphatic heterocycles. The van der Waals surface area contributed by atoms with Crippen LogP contribution in [0, 0.1) is 0 Å². The molecule has 0 unspecified atom stereocenters. The number of aromatic hydroxyl groups is 1. The summed E-state index contributed by atoms with van der Waals surface area (Å²) in [5, 5.41) is 15.6. The number of nitrogens with zero attached hydrogens (tertiary/aromatic N) is 3. The maximum Gasteiger partial charge on any atom is 0.449 e. The van der Waals surface area contributed by atoms with E-state index in [0.29, 0.717) is 11.1 Å². The Kier molecular flexibility index (Phi) is 5.33. The summed E-state index contributed by atoms with van der Waals surface area (Å²) in [7, 11) is 0. The minimum atomic E-state index is -4.64. The van der Waals surface area contributed by atoms with E-state index in [9.17, 15) is 23.1 Å². The Balaban J connectivity index is 1.48. The number of carbonyl (C=O) groups excluding carboxylic acids is 1. The molecular weight excluding hydrogens is 409 g/mol. The molecule has 9 heteroatoms. The van der Waals surface area contributed by atoms with Crippen molar-refractivity contribution in [3.8, 4) is 5.75 Å². The summed E-state index contributed by atoms with van der Waals surface area (Å²) in [6, 6.07) is 16.9. The van der Waals surface area contributed by atoms with Crippen molar-refractivity contribution in [2.24, 2.45) is 5.10 Å². The standard InChI is InChI=1S/C22H17F3N4O2/c23-22(24,25)21-27-17-7-3-4-8-18(17)29(21)12-11-20(31)28-26-13-16-15-6-2-1-5-14(15)9-10-19(16)30/h1-10,13,30H,11-12H2,(H,28,31). The maximum atomic E-state index is 13.3. The number of aromatic nitrogens is 2. The Morgan fingerprint density at radius 3 is 2.65 bits per heavy atom. The molecule has 0 radical (unpaired) electrons. The number of fused-ring (bicyclic) bond motifs is 2. The minimum Gasteiger partial charge on any atom is -0.507 e. The first kappa shape index (κ1) is 20.4. The Bertz CT molecular complexity index is 1300. The predicted octanol–water partition coefficient (Wildman–Crippen LogP) is 4.45. The van der Waals surface area contributed by atoms with E-state index in [1.165, 1.54) is 24.4 Å². The predicted molar refractivity (Wildman–Crippen MR) is 111 cm³/mol. The summed E-state index contributed by atoms with van der Waals surface area (Å²) >= 11 is 0. The molecule has 31 heavy (non-hydrogen) atoms. The van der Waals surface area contributed by atoms with Gasteiger partial charge in [-0.2, -0.15) is 18.3 Å². The summed E-state index contributed by atoms with van der Waals surface area (Å²) in [5.41, 5.74) is 3.23. The maximum absolute atomic E-state index is 13.3. The lowest BCUT2D eigenvalue weighted by molar-refractivity contribution is -0.147. The Morgan fingerprint density at radius 1 is 1.10 bits per heavy atom. The lowest BCUT2D eigenvalue weighted by Crippen LogP contribution is -2.21. The van der Waals surface area contributed by atoms with Crippen LogP contribution in [0.3, 0.4) is 0 Å². The molecule has 0 aliphatic rings. The van der Waals surface area contributed by atoms with Crippen LogP contribution < -0.4 is 5.43 Å². The number of amides is 1. The van der Waals surface area contributed by atoms with Gasteiger partial charge < -0.3 is 9.67 Å². The molecule has 0 fully saturated rings. The van der Waals surface area contributed by atoms with Gasteiger partial charge in [-0.15, -0.1) is 0 Å². The quantitative estimate of drug-likeness (QED) is 0.365. The monoisotopic (exact) mass is 426 g/mol.